The summed E-state index contributed by atoms with van der Waals surface area (Å²) in [4.78, 5) is 22.0. The van der Waals surface area contributed by atoms with E-state index in [0.717, 1.165) is 11.3 Å². The fourth-order valence-corrected chi connectivity index (χ4v) is 3.19. The molecule has 2 aliphatic rings. The van der Waals surface area contributed by atoms with Crippen LogP contribution in [-0.4, -0.2) is 15.3 Å². The van der Waals surface area contributed by atoms with Gasteiger partial charge in [0.25, 0.3) is 5.56 Å². The maximum atomic E-state index is 13.0. The minimum atomic E-state index is -0.152. The van der Waals surface area contributed by atoms with Gasteiger partial charge in [-0.1, -0.05) is 48.0 Å². The van der Waals surface area contributed by atoms with Crippen LogP contribution in [0.3, 0.4) is 0 Å². The van der Waals surface area contributed by atoms with Crippen LogP contribution in [0.2, 0.25) is 5.02 Å². The molecule has 1 aromatic heterocycles. The predicted octanol–water partition coefficient (Wildman–Crippen LogP) is 3.55. The standard InChI is InChI=1S/C18H14ClN3O/c1-11-13(10-12-6-2-3-7-14(12)19)17(23)22-16-9-5-4-8-15(16)21-18(22)20-11/h2-9,16H,10H2,1H3. The molecular formula is C18H14ClN3O. The Hall–Kier alpha value is -2.46. The van der Waals surface area contributed by atoms with Crippen LogP contribution in [0.25, 0.3) is 0 Å². The molecule has 1 atom stereocenters. The van der Waals surface area contributed by atoms with Gasteiger partial charge in [-0.25, -0.2) is 9.98 Å². The molecule has 4 rings (SSSR count). The maximum Gasteiger partial charge on any atom is 0.259 e. The van der Waals surface area contributed by atoms with Crippen molar-refractivity contribution in [3.63, 3.8) is 0 Å². The normalized spacial score (nSPS) is 17.8. The number of hydrogen-bond donors (Lipinski definition) is 0. The Kier molecular flexibility index (Phi) is 3.27. The first-order valence-electron chi connectivity index (χ1n) is 7.44. The van der Waals surface area contributed by atoms with Crippen LogP contribution in [0.1, 0.15) is 22.9 Å². The van der Waals surface area contributed by atoms with Crippen molar-refractivity contribution in [3.05, 3.63) is 80.8 Å². The maximum absolute atomic E-state index is 13.0. The van der Waals surface area contributed by atoms with E-state index in [2.05, 4.69) is 9.98 Å². The van der Waals surface area contributed by atoms with Gasteiger partial charge in [0, 0.05) is 17.0 Å². The largest absolute Gasteiger partial charge is 0.269 e. The lowest BCUT2D eigenvalue weighted by molar-refractivity contribution is 0.719. The van der Waals surface area contributed by atoms with Crippen molar-refractivity contribution >= 4 is 23.3 Å². The van der Waals surface area contributed by atoms with Crippen molar-refractivity contribution in [2.75, 3.05) is 0 Å². The summed E-state index contributed by atoms with van der Waals surface area (Å²) in [6.07, 6.45) is 8.21. The highest BCUT2D eigenvalue weighted by Crippen LogP contribution is 2.29. The van der Waals surface area contributed by atoms with E-state index in [-0.39, 0.29) is 11.6 Å². The highest BCUT2D eigenvalue weighted by Gasteiger charge is 2.28. The van der Waals surface area contributed by atoms with E-state index < -0.39 is 0 Å². The number of benzene rings is 1. The molecule has 0 bridgehead atoms. The summed E-state index contributed by atoms with van der Waals surface area (Å²) in [5.41, 5.74) is 3.11. The molecule has 1 aliphatic carbocycles. The molecule has 2 heterocycles. The highest BCUT2D eigenvalue weighted by atomic mass is 35.5. The third-order valence-corrected chi connectivity index (χ3v) is 4.57. The molecule has 2 aromatic rings. The number of rotatable bonds is 2. The smallest absolute Gasteiger partial charge is 0.259 e. The molecule has 0 N–H and O–H groups in total. The number of nitrogens with zero attached hydrogens (tertiary/aromatic N) is 3. The number of hydrogen-bond acceptors (Lipinski definition) is 3. The molecule has 0 saturated carbocycles. The Morgan fingerprint density at radius 2 is 2.09 bits per heavy atom. The number of aryl methyl sites for hydroxylation is 1. The zero-order valence-corrected chi connectivity index (χ0v) is 13.3. The van der Waals surface area contributed by atoms with Gasteiger partial charge >= 0.3 is 0 Å². The molecule has 1 unspecified atom stereocenters. The summed E-state index contributed by atoms with van der Waals surface area (Å²) in [6, 6.07) is 7.42. The molecule has 23 heavy (non-hydrogen) atoms. The van der Waals surface area contributed by atoms with Crippen molar-refractivity contribution in [3.8, 4) is 0 Å². The van der Waals surface area contributed by atoms with Crippen LogP contribution in [0.15, 0.2) is 58.4 Å². The number of halogens is 1. The Bertz CT molecular complexity index is 953. The van der Waals surface area contributed by atoms with E-state index in [1.807, 2.05) is 55.5 Å². The van der Waals surface area contributed by atoms with Crippen LogP contribution >= 0.6 is 11.6 Å². The number of allylic oxidation sites excluding steroid dienone is 4. The second-order valence-electron chi connectivity index (χ2n) is 5.64. The molecule has 114 valence electrons. The van der Waals surface area contributed by atoms with Crippen LogP contribution < -0.4 is 5.56 Å². The molecule has 0 amide bonds. The van der Waals surface area contributed by atoms with E-state index in [1.54, 1.807) is 4.57 Å². The van der Waals surface area contributed by atoms with Gasteiger partial charge in [0.05, 0.1) is 11.4 Å². The first-order chi connectivity index (χ1) is 11.1. The average Bonchev–Trinajstić information content (AvgIpc) is 2.91. The number of aliphatic imine (C=N–C) groups is 1. The quantitative estimate of drug-likeness (QED) is 0.848. The van der Waals surface area contributed by atoms with Gasteiger partial charge < -0.3 is 0 Å². The SMILES string of the molecule is Cc1nc2n(c(=O)c1Cc1ccccc1Cl)C1C=CC=CC1=N2. The van der Waals surface area contributed by atoms with E-state index in [9.17, 15) is 4.79 Å². The van der Waals surface area contributed by atoms with Crippen LogP contribution in [0.4, 0.5) is 5.95 Å². The van der Waals surface area contributed by atoms with Crippen LogP contribution in [0.5, 0.6) is 0 Å². The molecule has 0 radical (unpaired) electrons. The monoisotopic (exact) mass is 323 g/mol. The minimum absolute atomic E-state index is 0.0453. The average molecular weight is 324 g/mol. The second kappa shape index (κ2) is 5.32. The van der Waals surface area contributed by atoms with Crippen molar-refractivity contribution in [2.24, 2.45) is 4.99 Å². The van der Waals surface area contributed by atoms with E-state index >= 15 is 0 Å². The van der Waals surface area contributed by atoms with Gasteiger partial charge in [-0.15, -0.1) is 0 Å². The Balaban J connectivity index is 1.83. The molecule has 4 nitrogen and oxygen atoms in total. The molecule has 5 heteroatoms. The summed E-state index contributed by atoms with van der Waals surface area (Å²) < 4.78 is 1.66. The molecular weight excluding hydrogens is 310 g/mol. The Morgan fingerprint density at radius 1 is 1.26 bits per heavy atom. The summed E-state index contributed by atoms with van der Waals surface area (Å²) in [6.45, 7) is 1.85. The lowest BCUT2D eigenvalue weighted by Gasteiger charge is -2.15. The molecule has 1 aliphatic heterocycles. The van der Waals surface area contributed by atoms with E-state index in [0.29, 0.717) is 28.6 Å². The van der Waals surface area contributed by atoms with Crippen molar-refractivity contribution in [1.29, 1.82) is 0 Å². The van der Waals surface area contributed by atoms with Crippen LogP contribution in [0, 0.1) is 6.92 Å². The van der Waals surface area contributed by atoms with Gasteiger partial charge in [0.1, 0.15) is 6.04 Å². The summed E-state index contributed by atoms with van der Waals surface area (Å²) >= 11 is 6.23. The zero-order chi connectivity index (χ0) is 16.0. The van der Waals surface area contributed by atoms with E-state index in [1.165, 1.54) is 0 Å². The topological polar surface area (TPSA) is 47.2 Å². The van der Waals surface area contributed by atoms with Crippen LogP contribution in [-0.2, 0) is 6.42 Å². The van der Waals surface area contributed by atoms with Gasteiger partial charge in [-0.3, -0.25) is 9.36 Å². The predicted molar refractivity (Wildman–Crippen MR) is 91.9 cm³/mol. The van der Waals surface area contributed by atoms with Gasteiger partial charge in [0.15, 0.2) is 0 Å². The Labute approximate surface area is 138 Å². The molecule has 0 spiro atoms. The fraction of sp³-hybridized carbons (Fsp3) is 0.167. The third kappa shape index (κ3) is 2.26. The molecule has 1 aromatic carbocycles. The number of fused-ring (bicyclic) bond motifs is 3. The molecule has 0 fully saturated rings. The minimum Gasteiger partial charge on any atom is -0.269 e. The van der Waals surface area contributed by atoms with Gasteiger partial charge in [-0.05, 0) is 24.6 Å². The third-order valence-electron chi connectivity index (χ3n) is 4.20. The summed E-state index contributed by atoms with van der Waals surface area (Å²) in [5, 5.41) is 0.661. The lowest BCUT2D eigenvalue weighted by atomic mass is 10.0. The van der Waals surface area contributed by atoms with Crippen molar-refractivity contribution in [1.82, 2.24) is 9.55 Å². The lowest BCUT2D eigenvalue weighted by Crippen LogP contribution is -2.29. The summed E-state index contributed by atoms with van der Waals surface area (Å²) in [5.74, 6) is 0.478. The van der Waals surface area contributed by atoms with E-state index in [4.69, 9.17) is 11.6 Å². The van der Waals surface area contributed by atoms with Gasteiger partial charge in [0.2, 0.25) is 5.95 Å². The zero-order valence-electron chi connectivity index (χ0n) is 12.5. The highest BCUT2D eigenvalue weighted by molar-refractivity contribution is 6.31. The first-order valence-corrected chi connectivity index (χ1v) is 7.82. The first kappa shape index (κ1) is 14.2. The summed E-state index contributed by atoms with van der Waals surface area (Å²) in [7, 11) is 0. The van der Waals surface area contributed by atoms with Crippen molar-refractivity contribution < 1.29 is 0 Å². The second-order valence-corrected chi connectivity index (χ2v) is 6.05. The number of aromatic nitrogens is 2. The molecule has 0 saturated heterocycles. The van der Waals surface area contributed by atoms with Gasteiger partial charge in [-0.2, -0.15) is 0 Å². The fourth-order valence-electron chi connectivity index (χ4n) is 2.99. The Morgan fingerprint density at radius 3 is 2.91 bits per heavy atom. The van der Waals surface area contributed by atoms with Crippen molar-refractivity contribution in [2.45, 2.75) is 19.4 Å².